The molecule has 0 bridgehead atoms. The molecule has 0 unspecified atom stereocenters. The Labute approximate surface area is 273 Å². The zero-order valence-electron chi connectivity index (χ0n) is 24.0. The van der Waals surface area contributed by atoms with Crippen molar-refractivity contribution in [3.63, 3.8) is 0 Å². The molecule has 4 aromatic rings. The first-order valence-corrected chi connectivity index (χ1v) is 15.5. The van der Waals surface area contributed by atoms with Crippen LogP contribution in [0, 0.1) is 5.82 Å². The first-order valence-electron chi connectivity index (χ1n) is 13.2. The number of rotatable bonds is 8. The summed E-state index contributed by atoms with van der Waals surface area (Å²) in [6.45, 7) is -4.00. The number of fused-ring (bicyclic) bond motifs is 1. The molecular formula is C26H20F9N6O6S2-. The summed E-state index contributed by atoms with van der Waals surface area (Å²) >= 11 is 0.904. The van der Waals surface area contributed by atoms with E-state index in [1.165, 1.54) is 17.0 Å². The summed E-state index contributed by atoms with van der Waals surface area (Å²) in [4.78, 5) is 23.5. The topological polar surface area (TPSA) is 159 Å². The highest BCUT2D eigenvalue weighted by atomic mass is 32.2. The maximum Gasteiger partial charge on any atom is 0.573 e. The second-order valence-electron chi connectivity index (χ2n) is 9.62. The fourth-order valence-corrected chi connectivity index (χ4v) is 6.70. The van der Waals surface area contributed by atoms with E-state index in [9.17, 15) is 57.8 Å². The highest BCUT2D eigenvalue weighted by Crippen LogP contribution is 2.33. The van der Waals surface area contributed by atoms with Crippen LogP contribution in [0.25, 0.3) is 16.1 Å². The van der Waals surface area contributed by atoms with Gasteiger partial charge in [0.05, 0.1) is 15.8 Å². The summed E-state index contributed by atoms with van der Waals surface area (Å²) in [6, 6.07) is 4.94. The molecule has 3 heterocycles. The summed E-state index contributed by atoms with van der Waals surface area (Å²) in [6.07, 6.45) is -8.83. The minimum Gasteiger partial charge on any atom is -0.674 e. The quantitative estimate of drug-likeness (QED) is 0.214. The molecule has 49 heavy (non-hydrogen) atoms. The van der Waals surface area contributed by atoms with Crippen LogP contribution in [-0.2, 0) is 27.5 Å². The second-order valence-corrected chi connectivity index (χ2v) is 12.5. The number of piperazine rings is 1. The average molecular weight is 748 g/mol. The fraction of sp³-hybridized carbons (Fsp3) is 0.308. The lowest BCUT2D eigenvalue weighted by Gasteiger charge is -2.38. The van der Waals surface area contributed by atoms with Crippen molar-refractivity contribution in [1.29, 1.82) is 0 Å². The Hall–Kier alpha value is -4.48. The van der Waals surface area contributed by atoms with Crippen molar-refractivity contribution in [3.05, 3.63) is 71.6 Å². The number of carboxylic acid groups (broad SMARTS) is 1. The number of benzene rings is 2. The van der Waals surface area contributed by atoms with Crippen LogP contribution in [0.1, 0.15) is 11.4 Å². The third-order valence-corrected chi connectivity index (χ3v) is 9.35. The molecule has 0 saturated carbocycles. The molecule has 1 atom stereocenters. The van der Waals surface area contributed by atoms with Gasteiger partial charge >= 0.3 is 25.1 Å². The third-order valence-electron chi connectivity index (χ3n) is 6.38. The zero-order chi connectivity index (χ0) is 36.3. The van der Waals surface area contributed by atoms with E-state index in [2.05, 4.69) is 24.4 Å². The first kappa shape index (κ1) is 37.3. The van der Waals surface area contributed by atoms with Gasteiger partial charge in [0.1, 0.15) is 23.4 Å². The monoisotopic (exact) mass is 747 g/mol. The number of carbonyl (C=O) groups is 1. The van der Waals surface area contributed by atoms with Crippen molar-refractivity contribution >= 4 is 42.8 Å². The summed E-state index contributed by atoms with van der Waals surface area (Å²) in [7, 11) is -4.44. The minimum absolute atomic E-state index is 0.0718. The number of nitrogens with zero attached hydrogens (tertiary/aromatic N) is 5. The molecule has 12 nitrogen and oxygen atoms in total. The Bertz CT molecular complexity index is 1890. The number of ether oxygens (including phenoxy) is 2. The SMILES string of the molecule is O=C(O)[C@H]1CN(c2nc3nc(C(F)(F)F)ncc3s2)CCN1S(=O)(=O)c1ccc(OC(F)(F)F)cc1.[NH-]Cc1ccc(OC(F)F)cc1F. The maximum absolute atomic E-state index is 13.1. The smallest absolute Gasteiger partial charge is 0.573 e. The molecule has 5 rings (SSSR count). The number of anilines is 1. The van der Waals surface area contributed by atoms with Gasteiger partial charge in [0.15, 0.2) is 10.8 Å². The predicted octanol–water partition coefficient (Wildman–Crippen LogP) is 5.95. The zero-order valence-corrected chi connectivity index (χ0v) is 25.7. The summed E-state index contributed by atoms with van der Waals surface area (Å²) in [5.74, 6) is -4.50. The van der Waals surface area contributed by atoms with Crippen LogP contribution in [0.15, 0.2) is 53.6 Å². The van der Waals surface area contributed by atoms with Crippen LogP contribution in [-0.4, -0.2) is 77.4 Å². The van der Waals surface area contributed by atoms with Gasteiger partial charge in [-0.25, -0.2) is 22.8 Å². The summed E-state index contributed by atoms with van der Waals surface area (Å²) in [5, 5.41) is 9.80. The molecule has 2 N–H and O–H groups in total. The van der Waals surface area contributed by atoms with Crippen LogP contribution >= 0.6 is 11.3 Å². The molecule has 0 aliphatic carbocycles. The second kappa shape index (κ2) is 14.6. The maximum atomic E-state index is 13.1. The number of hydrogen-bond donors (Lipinski definition) is 1. The van der Waals surface area contributed by atoms with Gasteiger partial charge in [0, 0.05) is 25.7 Å². The van der Waals surface area contributed by atoms with Crippen molar-refractivity contribution in [2.24, 2.45) is 0 Å². The van der Waals surface area contributed by atoms with E-state index in [0.29, 0.717) is 4.31 Å². The number of sulfonamides is 1. The number of carboxylic acids is 1. The molecule has 1 saturated heterocycles. The molecule has 1 fully saturated rings. The van der Waals surface area contributed by atoms with Gasteiger partial charge in [-0.3, -0.25) is 4.79 Å². The highest BCUT2D eigenvalue weighted by molar-refractivity contribution is 7.89. The third kappa shape index (κ3) is 9.36. The molecule has 1 aliphatic rings. The Morgan fingerprint density at radius 2 is 1.69 bits per heavy atom. The number of halogens is 9. The first-order chi connectivity index (χ1) is 22.8. The Kier molecular flexibility index (Phi) is 11.1. The van der Waals surface area contributed by atoms with Gasteiger partial charge in [-0.05, 0) is 35.9 Å². The minimum atomic E-state index is -4.98. The number of hydrogen-bond acceptors (Lipinski definition) is 10. The molecule has 0 amide bonds. The highest BCUT2D eigenvalue weighted by Gasteiger charge is 2.41. The van der Waals surface area contributed by atoms with Crippen LogP contribution in [0.3, 0.4) is 0 Å². The molecule has 266 valence electrons. The number of aliphatic carboxylic acids is 1. The van der Waals surface area contributed by atoms with Gasteiger partial charge in [-0.1, -0.05) is 17.4 Å². The lowest BCUT2D eigenvalue weighted by Crippen LogP contribution is -2.58. The lowest BCUT2D eigenvalue weighted by molar-refractivity contribution is -0.274. The van der Waals surface area contributed by atoms with Crippen LogP contribution in [0.4, 0.5) is 44.6 Å². The molecular weight excluding hydrogens is 727 g/mol. The van der Waals surface area contributed by atoms with Gasteiger partial charge < -0.3 is 25.2 Å². The van der Waals surface area contributed by atoms with Crippen molar-refractivity contribution < 1.29 is 67.3 Å². The van der Waals surface area contributed by atoms with E-state index in [4.69, 9.17) is 5.73 Å². The molecule has 0 spiro atoms. The Morgan fingerprint density at radius 3 is 2.24 bits per heavy atom. The Morgan fingerprint density at radius 1 is 1.04 bits per heavy atom. The lowest BCUT2D eigenvalue weighted by atomic mass is 10.2. The Balaban J connectivity index is 0.000000350. The van der Waals surface area contributed by atoms with Crippen molar-refractivity contribution in [1.82, 2.24) is 19.3 Å². The van der Waals surface area contributed by atoms with Crippen molar-refractivity contribution in [2.75, 3.05) is 24.5 Å². The summed E-state index contributed by atoms with van der Waals surface area (Å²) in [5.41, 5.74) is 6.77. The number of alkyl halides is 8. The van der Waals surface area contributed by atoms with E-state index in [1.807, 2.05) is 0 Å². The van der Waals surface area contributed by atoms with Crippen LogP contribution in [0.5, 0.6) is 11.5 Å². The molecule has 2 aromatic carbocycles. The molecule has 0 radical (unpaired) electrons. The summed E-state index contributed by atoms with van der Waals surface area (Å²) < 4.78 is 146. The number of thiazole rings is 1. The number of nitrogens with one attached hydrogen (secondary N) is 1. The van der Waals surface area contributed by atoms with E-state index in [1.54, 1.807) is 0 Å². The van der Waals surface area contributed by atoms with Crippen molar-refractivity contribution in [2.45, 2.75) is 36.6 Å². The molecule has 2 aromatic heterocycles. The predicted molar refractivity (Wildman–Crippen MR) is 152 cm³/mol. The van der Waals surface area contributed by atoms with Gasteiger partial charge in [0.25, 0.3) is 0 Å². The van der Waals surface area contributed by atoms with Gasteiger partial charge in [-0.15, -0.1) is 19.7 Å². The van der Waals surface area contributed by atoms with E-state index < -0.39 is 70.0 Å². The van der Waals surface area contributed by atoms with E-state index in [0.717, 1.165) is 47.9 Å². The van der Waals surface area contributed by atoms with Crippen molar-refractivity contribution in [3.8, 4) is 11.5 Å². The van der Waals surface area contributed by atoms with Crippen LogP contribution < -0.4 is 14.4 Å². The normalized spacial score (nSPS) is 16.0. The van der Waals surface area contributed by atoms with Gasteiger partial charge in [0.2, 0.25) is 15.8 Å². The fourth-order valence-electron chi connectivity index (χ4n) is 4.22. The van der Waals surface area contributed by atoms with Crippen LogP contribution in [0.2, 0.25) is 0 Å². The molecule has 23 heteroatoms. The largest absolute Gasteiger partial charge is 0.674 e. The number of aromatic nitrogens is 3. The molecule has 1 aliphatic heterocycles. The van der Waals surface area contributed by atoms with E-state index in [-0.39, 0.29) is 46.4 Å². The van der Waals surface area contributed by atoms with Gasteiger partial charge in [-0.2, -0.15) is 31.2 Å². The van der Waals surface area contributed by atoms with E-state index >= 15 is 0 Å². The average Bonchev–Trinajstić information content (AvgIpc) is 3.44. The standard InChI is InChI=1S/C18H13F6N5O5S2.C8H7F3NO/c19-17(20,21)15-25-7-12-13(26-15)27-16(35-12)28-5-6-29(11(8-28)14(30)31)36(32,33)10-3-1-9(2-4-10)34-18(22,23)24;9-7-3-6(13-8(10)11)2-1-5(7)4-12/h1-4,7,11H,5-6,8H2,(H,30,31);1-3,8,12H,4H2/q;-1/t11-;/m1./s1.